The minimum atomic E-state index is -0.774. The van der Waals surface area contributed by atoms with Crippen LogP contribution in [0.1, 0.15) is 49.8 Å². The van der Waals surface area contributed by atoms with Gasteiger partial charge in [-0.15, -0.1) is 0 Å². The summed E-state index contributed by atoms with van der Waals surface area (Å²) in [6.45, 7) is 2.12. The van der Waals surface area contributed by atoms with Gasteiger partial charge in [-0.05, 0) is 55.4 Å². The number of carbonyl (C=O) groups excluding carboxylic acids is 1. The van der Waals surface area contributed by atoms with Gasteiger partial charge in [-0.2, -0.15) is 5.10 Å². The van der Waals surface area contributed by atoms with Gasteiger partial charge in [0.15, 0.2) is 5.82 Å². The maximum atomic E-state index is 12.7. The number of carbonyl (C=O) groups is 1. The van der Waals surface area contributed by atoms with Crippen LogP contribution < -0.4 is 22.1 Å². The van der Waals surface area contributed by atoms with E-state index in [0.717, 1.165) is 65.4 Å². The van der Waals surface area contributed by atoms with E-state index in [-0.39, 0.29) is 5.91 Å². The minimum Gasteiger partial charge on any atom is -0.351 e. The van der Waals surface area contributed by atoms with E-state index in [2.05, 4.69) is 39.8 Å². The number of fused-ring (bicyclic) bond motifs is 1. The van der Waals surface area contributed by atoms with Gasteiger partial charge >= 0.3 is 0 Å². The van der Waals surface area contributed by atoms with Crippen LogP contribution in [0.25, 0.3) is 22.2 Å². The molecule has 1 aliphatic rings. The predicted octanol–water partition coefficient (Wildman–Crippen LogP) is 3.91. The van der Waals surface area contributed by atoms with Crippen molar-refractivity contribution in [2.24, 2.45) is 18.5 Å². The second-order valence-corrected chi connectivity index (χ2v) is 9.79. The van der Waals surface area contributed by atoms with Gasteiger partial charge in [0.25, 0.3) is 0 Å². The fraction of sp³-hybridized carbons (Fsp3) is 0.357. The fourth-order valence-corrected chi connectivity index (χ4v) is 4.97. The van der Waals surface area contributed by atoms with E-state index in [1.54, 1.807) is 4.68 Å². The summed E-state index contributed by atoms with van der Waals surface area (Å²) in [7, 11) is 1.86. The fourth-order valence-electron chi connectivity index (χ4n) is 4.97. The second-order valence-electron chi connectivity index (χ2n) is 9.79. The molecule has 9 heteroatoms. The number of aromatic nitrogens is 4. The third kappa shape index (κ3) is 5.47. The van der Waals surface area contributed by atoms with Gasteiger partial charge in [0.1, 0.15) is 6.04 Å². The first-order valence-corrected chi connectivity index (χ1v) is 12.9. The van der Waals surface area contributed by atoms with Crippen LogP contribution in [0.3, 0.4) is 0 Å². The average Bonchev–Trinajstić information content (AvgIpc) is 3.29. The monoisotopic (exact) mass is 498 g/mol. The Hall–Kier alpha value is -3.82. The Kier molecular flexibility index (Phi) is 7.16. The first-order chi connectivity index (χ1) is 17.9. The molecule has 0 bridgehead atoms. The molecule has 1 amide bonds. The van der Waals surface area contributed by atoms with E-state index in [1.807, 2.05) is 49.6 Å². The molecule has 2 aromatic carbocycles. The van der Waals surface area contributed by atoms with Gasteiger partial charge in [-0.1, -0.05) is 37.3 Å². The highest BCUT2D eigenvalue weighted by Crippen LogP contribution is 2.30. The predicted molar refractivity (Wildman–Crippen MR) is 147 cm³/mol. The second kappa shape index (κ2) is 10.7. The molecule has 0 aliphatic heterocycles. The highest BCUT2D eigenvalue weighted by molar-refractivity contribution is 5.95. The Morgan fingerprint density at radius 1 is 1.14 bits per heavy atom. The third-order valence-electron chi connectivity index (χ3n) is 7.12. The maximum absolute atomic E-state index is 12.7. The topological polar surface area (TPSA) is 137 Å². The van der Waals surface area contributed by atoms with Crippen LogP contribution in [0.2, 0.25) is 0 Å². The summed E-state index contributed by atoms with van der Waals surface area (Å²) in [6, 6.07) is 15.2. The number of rotatable bonds is 7. The zero-order valence-electron chi connectivity index (χ0n) is 21.3. The lowest BCUT2D eigenvalue weighted by atomic mass is 9.92. The van der Waals surface area contributed by atoms with Crippen molar-refractivity contribution in [2.45, 2.75) is 57.2 Å². The molecule has 192 valence electrons. The minimum absolute atomic E-state index is 0.308. The molecule has 2 heterocycles. The molecular weight excluding hydrogens is 464 g/mol. The zero-order chi connectivity index (χ0) is 25.9. The summed E-state index contributed by atoms with van der Waals surface area (Å²) in [6.07, 6.45) is 6.84. The van der Waals surface area contributed by atoms with E-state index in [9.17, 15) is 4.79 Å². The lowest BCUT2D eigenvalue weighted by molar-refractivity contribution is -0.117. The van der Waals surface area contributed by atoms with E-state index >= 15 is 0 Å². The number of nitrogens with one attached hydrogen (secondary N) is 2. The van der Waals surface area contributed by atoms with Crippen LogP contribution in [-0.2, 0) is 18.3 Å². The Bertz CT molecular complexity index is 1390. The lowest BCUT2D eigenvalue weighted by Gasteiger charge is -2.26. The Balaban J connectivity index is 1.37. The van der Waals surface area contributed by atoms with Gasteiger partial charge in [0.2, 0.25) is 11.9 Å². The Labute approximate surface area is 216 Å². The van der Waals surface area contributed by atoms with Crippen LogP contribution in [0.15, 0.2) is 54.7 Å². The number of anilines is 2. The van der Waals surface area contributed by atoms with Crippen molar-refractivity contribution >= 4 is 28.6 Å². The number of nitrogens with two attached hydrogens (primary N) is 2. The first-order valence-electron chi connectivity index (χ1n) is 12.9. The van der Waals surface area contributed by atoms with E-state index in [4.69, 9.17) is 16.5 Å². The highest BCUT2D eigenvalue weighted by Gasteiger charge is 2.20. The largest absolute Gasteiger partial charge is 0.351 e. The number of benzene rings is 2. The molecule has 1 atom stereocenters. The number of nitrogens with zero attached hydrogens (tertiary/aromatic N) is 4. The van der Waals surface area contributed by atoms with Gasteiger partial charge in [-0.3, -0.25) is 9.48 Å². The summed E-state index contributed by atoms with van der Waals surface area (Å²) in [5.74, 6) is 0.808. The molecule has 1 aliphatic carbocycles. The maximum Gasteiger partial charge on any atom is 0.247 e. The molecule has 37 heavy (non-hydrogen) atoms. The number of amides is 1. The molecular formula is C28H34N8O. The van der Waals surface area contributed by atoms with Crippen molar-refractivity contribution in [3.05, 3.63) is 65.9 Å². The normalized spacial score (nSPS) is 18.5. The first kappa shape index (κ1) is 24.9. The van der Waals surface area contributed by atoms with Gasteiger partial charge in [-0.25, -0.2) is 9.97 Å². The number of hydrogen-bond donors (Lipinski definition) is 4. The molecule has 5 rings (SSSR count). The van der Waals surface area contributed by atoms with E-state index in [1.165, 1.54) is 0 Å². The molecule has 1 fully saturated rings. The molecule has 0 saturated heterocycles. The Morgan fingerprint density at radius 3 is 2.62 bits per heavy atom. The molecule has 1 unspecified atom stereocenters. The molecule has 0 radical (unpaired) electrons. The summed E-state index contributed by atoms with van der Waals surface area (Å²) in [4.78, 5) is 22.2. The molecule has 6 N–H and O–H groups in total. The molecule has 1 saturated carbocycles. The summed E-state index contributed by atoms with van der Waals surface area (Å²) in [5, 5.41) is 11.8. The molecule has 2 aromatic heterocycles. The van der Waals surface area contributed by atoms with Crippen LogP contribution in [0, 0.1) is 0 Å². The Morgan fingerprint density at radius 2 is 1.89 bits per heavy atom. The van der Waals surface area contributed by atoms with Crippen molar-refractivity contribution in [1.29, 1.82) is 0 Å². The summed E-state index contributed by atoms with van der Waals surface area (Å²) >= 11 is 0. The number of hydrogen-bond acceptors (Lipinski definition) is 7. The molecule has 4 aromatic rings. The standard InChI is InChI=1S/C28H34N8O/c1-3-17-13-19(14-20-16-31-28(34-26(17)20)32-22-11-9-21(29)10-12-22)23-15-24(35-36(23)2)33-27(37)25(30)18-7-5-4-6-8-18/h4-8,13-16,21-22,25H,3,9-12,29-30H2,1-2H3,(H,31,32,34)(H,33,35,37). The van der Waals surface area contributed by atoms with Gasteiger partial charge in [0.05, 0.1) is 11.2 Å². The highest BCUT2D eigenvalue weighted by atomic mass is 16.2. The van der Waals surface area contributed by atoms with Crippen LogP contribution >= 0.6 is 0 Å². The van der Waals surface area contributed by atoms with E-state index in [0.29, 0.717) is 23.8 Å². The molecule has 9 nitrogen and oxygen atoms in total. The third-order valence-corrected chi connectivity index (χ3v) is 7.12. The van der Waals surface area contributed by atoms with Crippen LogP contribution in [-0.4, -0.2) is 37.7 Å². The average molecular weight is 499 g/mol. The van der Waals surface area contributed by atoms with Crippen molar-refractivity contribution in [2.75, 3.05) is 10.6 Å². The lowest BCUT2D eigenvalue weighted by Crippen LogP contribution is -2.33. The van der Waals surface area contributed by atoms with Crippen molar-refractivity contribution in [3.8, 4) is 11.3 Å². The van der Waals surface area contributed by atoms with Crippen LogP contribution in [0.4, 0.5) is 11.8 Å². The van der Waals surface area contributed by atoms with Gasteiger partial charge in [0, 0.05) is 42.3 Å². The summed E-state index contributed by atoms with van der Waals surface area (Å²) < 4.78 is 1.76. The quantitative estimate of drug-likeness (QED) is 0.303. The zero-order valence-corrected chi connectivity index (χ0v) is 21.3. The molecule has 0 spiro atoms. The van der Waals surface area contributed by atoms with Crippen LogP contribution in [0.5, 0.6) is 0 Å². The van der Waals surface area contributed by atoms with Gasteiger partial charge < -0.3 is 22.1 Å². The van der Waals surface area contributed by atoms with Crippen molar-refractivity contribution in [1.82, 2.24) is 19.7 Å². The number of aryl methyl sites for hydroxylation is 2. The smallest absolute Gasteiger partial charge is 0.247 e. The van der Waals surface area contributed by atoms with E-state index < -0.39 is 6.04 Å². The van der Waals surface area contributed by atoms with Crippen molar-refractivity contribution in [3.63, 3.8) is 0 Å². The summed E-state index contributed by atoms with van der Waals surface area (Å²) in [5.41, 5.74) is 16.9. The van der Waals surface area contributed by atoms with Crippen molar-refractivity contribution < 1.29 is 4.79 Å². The SMILES string of the molecule is CCc1cc(-c2cc(NC(=O)C(N)c3ccccc3)nn2C)cc2cnc(NC3CCC(N)CC3)nc12.